The lowest BCUT2D eigenvalue weighted by molar-refractivity contribution is 0.411. The molecule has 0 amide bonds. The smallest absolute Gasteiger partial charge is 0.121 e. The fourth-order valence-corrected chi connectivity index (χ4v) is 4.30. The molecule has 0 heterocycles. The Bertz CT molecular complexity index is 1260. The number of rotatable bonds is 6. The van der Waals surface area contributed by atoms with E-state index in [2.05, 4.69) is 33.4 Å². The highest BCUT2D eigenvalue weighted by atomic mass is 79.9. The van der Waals surface area contributed by atoms with E-state index in [-0.39, 0.29) is 0 Å². The van der Waals surface area contributed by atoms with Gasteiger partial charge in [-0.3, -0.25) is 0 Å². The third-order valence-electron chi connectivity index (χ3n) is 5.85. The van der Waals surface area contributed by atoms with E-state index in [1.54, 1.807) is 28.4 Å². The number of aryl methyl sites for hydroxylation is 4. The molecule has 7 heteroatoms. The van der Waals surface area contributed by atoms with Crippen LogP contribution < -0.4 is 30.0 Å². The fraction of sp³-hybridized carbons (Fsp3) is 0.250. The van der Waals surface area contributed by atoms with E-state index < -0.39 is 0 Å². The van der Waals surface area contributed by atoms with Crippen molar-refractivity contribution in [2.75, 3.05) is 39.5 Å². The molecule has 4 aromatic carbocycles. The number of hydrogen-bond acceptors (Lipinski definition) is 6. The maximum atomic E-state index is 5.53. The third-order valence-corrected chi connectivity index (χ3v) is 6.35. The molecule has 0 saturated heterocycles. The second kappa shape index (κ2) is 15.5. The Hall–Kier alpha value is -3.84. The van der Waals surface area contributed by atoms with Gasteiger partial charge in [0.1, 0.15) is 23.0 Å². The van der Waals surface area contributed by atoms with Crippen LogP contribution in [0, 0.1) is 27.7 Å². The van der Waals surface area contributed by atoms with E-state index in [9.17, 15) is 0 Å². The van der Waals surface area contributed by atoms with Crippen molar-refractivity contribution in [3.63, 3.8) is 0 Å². The summed E-state index contributed by atoms with van der Waals surface area (Å²) in [5, 5.41) is 3.38. The average Bonchev–Trinajstić information content (AvgIpc) is 2.90. The molecule has 0 spiro atoms. The summed E-state index contributed by atoms with van der Waals surface area (Å²) in [6, 6.07) is 23.6. The lowest BCUT2D eigenvalue weighted by atomic mass is 10.1. The zero-order valence-electron chi connectivity index (χ0n) is 24.0. The molecule has 3 N–H and O–H groups in total. The monoisotopic (exact) mass is 594 g/mol. The van der Waals surface area contributed by atoms with Crippen LogP contribution in [0.5, 0.6) is 23.0 Å². The van der Waals surface area contributed by atoms with Gasteiger partial charge in [0, 0.05) is 21.5 Å². The molecule has 39 heavy (non-hydrogen) atoms. The second-order valence-electron chi connectivity index (χ2n) is 8.84. The number of nitrogens with two attached hydrogens (primary N) is 1. The number of anilines is 3. The molecule has 0 atom stereocenters. The van der Waals surface area contributed by atoms with E-state index in [0.717, 1.165) is 66.8 Å². The van der Waals surface area contributed by atoms with Crippen LogP contribution in [0.3, 0.4) is 0 Å². The van der Waals surface area contributed by atoms with Gasteiger partial charge in [0.15, 0.2) is 0 Å². The Morgan fingerprint density at radius 3 is 1.23 bits per heavy atom. The quantitative estimate of drug-likeness (QED) is 0.218. The zero-order chi connectivity index (χ0) is 28.9. The van der Waals surface area contributed by atoms with Crippen molar-refractivity contribution in [3.05, 3.63) is 99.5 Å². The molecule has 0 aliphatic heterocycles. The number of benzene rings is 4. The predicted octanol–water partition coefficient (Wildman–Crippen LogP) is 8.42. The number of methoxy groups -OCH3 is 4. The molecule has 4 aromatic rings. The normalized spacial score (nSPS) is 9.77. The molecule has 0 aliphatic rings. The molecule has 0 saturated carbocycles. The van der Waals surface area contributed by atoms with Gasteiger partial charge in [-0.1, -0.05) is 15.9 Å². The first kappa shape index (κ1) is 31.4. The molecule has 0 aromatic heterocycles. The average molecular weight is 596 g/mol. The molecule has 6 nitrogen and oxygen atoms in total. The lowest BCUT2D eigenvalue weighted by Gasteiger charge is -2.11. The first-order valence-electron chi connectivity index (χ1n) is 12.4. The van der Waals surface area contributed by atoms with E-state index in [4.69, 9.17) is 24.7 Å². The molecule has 0 radical (unpaired) electrons. The van der Waals surface area contributed by atoms with E-state index in [1.807, 2.05) is 88.4 Å². The van der Waals surface area contributed by atoms with Gasteiger partial charge in [0.2, 0.25) is 0 Å². The predicted molar refractivity (Wildman–Crippen MR) is 166 cm³/mol. The van der Waals surface area contributed by atoms with Crippen molar-refractivity contribution in [2.45, 2.75) is 27.7 Å². The number of hydrogen-bond donors (Lipinski definition) is 2. The minimum Gasteiger partial charge on any atom is -0.496 e. The van der Waals surface area contributed by atoms with Gasteiger partial charge >= 0.3 is 0 Å². The number of nitrogens with one attached hydrogen (secondary N) is 1. The number of ether oxygens (including phenoxy) is 4. The molecular formula is C32H39BrN2O4. The van der Waals surface area contributed by atoms with Gasteiger partial charge in [0.25, 0.3) is 0 Å². The van der Waals surface area contributed by atoms with Crippen LogP contribution in [-0.2, 0) is 0 Å². The summed E-state index contributed by atoms with van der Waals surface area (Å²) in [7, 11) is 6.69. The van der Waals surface area contributed by atoms with Gasteiger partial charge in [-0.05, 0) is 123 Å². The van der Waals surface area contributed by atoms with Crippen molar-refractivity contribution < 1.29 is 18.9 Å². The summed E-state index contributed by atoms with van der Waals surface area (Å²) < 4.78 is 21.7. The zero-order valence-corrected chi connectivity index (χ0v) is 25.6. The topological polar surface area (TPSA) is 75.0 Å². The van der Waals surface area contributed by atoms with Crippen LogP contribution in [0.1, 0.15) is 22.3 Å². The first-order chi connectivity index (χ1) is 18.6. The third kappa shape index (κ3) is 9.76. The van der Waals surface area contributed by atoms with Gasteiger partial charge in [-0.25, -0.2) is 0 Å². The number of nitrogen functional groups attached to an aromatic ring is 1. The summed E-state index contributed by atoms with van der Waals surface area (Å²) >= 11 is 3.37. The van der Waals surface area contributed by atoms with Crippen molar-refractivity contribution in [1.82, 2.24) is 0 Å². The largest absolute Gasteiger partial charge is 0.496 e. The summed E-state index contributed by atoms with van der Waals surface area (Å²) in [6.07, 6.45) is 0. The Labute approximate surface area is 241 Å². The molecule has 4 rings (SSSR count). The van der Waals surface area contributed by atoms with E-state index >= 15 is 0 Å². The van der Waals surface area contributed by atoms with Crippen LogP contribution >= 0.6 is 15.9 Å². The molecule has 0 unspecified atom stereocenters. The number of halogens is 1. The van der Waals surface area contributed by atoms with Gasteiger partial charge < -0.3 is 30.0 Å². The van der Waals surface area contributed by atoms with Crippen molar-refractivity contribution >= 4 is 33.0 Å². The summed E-state index contributed by atoms with van der Waals surface area (Å²) in [5.74, 6) is 3.62. The molecule has 0 fully saturated rings. The summed E-state index contributed by atoms with van der Waals surface area (Å²) in [4.78, 5) is 0. The molecule has 0 bridgehead atoms. The fourth-order valence-electron chi connectivity index (χ4n) is 3.82. The Balaban J connectivity index is 0.000000225. The molecule has 0 aliphatic carbocycles. The standard InChI is InChI=1S/C16H19NO2.C8H9BrO.C8H11NO/c1-11-9-13(5-7-15(11)18-3)17-14-6-8-16(19-4)12(2)10-14;2*1-6-5-7(9)3-4-8(6)10-2/h5-10,17H,1-4H3;3-5H,1-2H3;3-5H,9H2,1-2H3. The second-order valence-corrected chi connectivity index (χ2v) is 9.75. The van der Waals surface area contributed by atoms with E-state index in [1.165, 1.54) is 0 Å². The molecule has 208 valence electrons. The van der Waals surface area contributed by atoms with Crippen molar-refractivity contribution in [1.29, 1.82) is 0 Å². The van der Waals surface area contributed by atoms with Crippen molar-refractivity contribution in [2.24, 2.45) is 0 Å². The van der Waals surface area contributed by atoms with Crippen molar-refractivity contribution in [3.8, 4) is 23.0 Å². The minimum atomic E-state index is 0.776. The Morgan fingerprint density at radius 1 is 0.513 bits per heavy atom. The van der Waals surface area contributed by atoms with Gasteiger partial charge in [-0.2, -0.15) is 0 Å². The first-order valence-corrected chi connectivity index (χ1v) is 13.2. The lowest BCUT2D eigenvalue weighted by Crippen LogP contribution is -1.94. The van der Waals surface area contributed by atoms with Crippen LogP contribution in [0.2, 0.25) is 0 Å². The van der Waals surface area contributed by atoms with Crippen LogP contribution in [-0.4, -0.2) is 28.4 Å². The van der Waals surface area contributed by atoms with Gasteiger partial charge in [0.05, 0.1) is 28.4 Å². The SMILES string of the molecule is COc1ccc(Br)cc1C.COc1ccc(N)cc1C.COc1ccc(Nc2ccc(OC)c(C)c2)cc1C. The summed E-state index contributed by atoms with van der Waals surface area (Å²) in [5.41, 5.74) is 12.8. The Kier molecular flexibility index (Phi) is 12.5. The van der Waals surface area contributed by atoms with Crippen LogP contribution in [0.15, 0.2) is 77.3 Å². The maximum Gasteiger partial charge on any atom is 0.121 e. The molecular weight excluding hydrogens is 556 g/mol. The highest BCUT2D eigenvalue weighted by Crippen LogP contribution is 2.27. The van der Waals surface area contributed by atoms with Crippen LogP contribution in [0.25, 0.3) is 0 Å². The minimum absolute atomic E-state index is 0.776. The highest BCUT2D eigenvalue weighted by molar-refractivity contribution is 9.10. The maximum absolute atomic E-state index is 5.53. The van der Waals surface area contributed by atoms with E-state index in [0.29, 0.717) is 0 Å². The Morgan fingerprint density at radius 2 is 0.872 bits per heavy atom. The summed E-state index contributed by atoms with van der Waals surface area (Å²) in [6.45, 7) is 8.05. The van der Waals surface area contributed by atoms with Crippen LogP contribution in [0.4, 0.5) is 17.1 Å². The highest BCUT2D eigenvalue weighted by Gasteiger charge is 2.03. The van der Waals surface area contributed by atoms with Gasteiger partial charge in [-0.15, -0.1) is 0 Å².